The van der Waals surface area contributed by atoms with Crippen molar-refractivity contribution in [1.82, 2.24) is 10.6 Å². The second kappa shape index (κ2) is 6.46. The van der Waals surface area contributed by atoms with Crippen molar-refractivity contribution in [3.05, 3.63) is 35.6 Å². The van der Waals surface area contributed by atoms with Gasteiger partial charge in [0.15, 0.2) is 0 Å². The van der Waals surface area contributed by atoms with Gasteiger partial charge in [-0.05, 0) is 24.1 Å². The van der Waals surface area contributed by atoms with Crippen LogP contribution in [-0.2, 0) is 6.42 Å². The van der Waals surface area contributed by atoms with Crippen LogP contribution >= 0.6 is 0 Å². The summed E-state index contributed by atoms with van der Waals surface area (Å²) in [7, 11) is 0. The van der Waals surface area contributed by atoms with E-state index >= 15 is 0 Å². The predicted octanol–water partition coefficient (Wildman–Crippen LogP) is 1.30. The van der Waals surface area contributed by atoms with Gasteiger partial charge < -0.3 is 10.6 Å². The summed E-state index contributed by atoms with van der Waals surface area (Å²) >= 11 is 0. The van der Waals surface area contributed by atoms with Gasteiger partial charge in [-0.2, -0.15) is 0 Å². The maximum Gasteiger partial charge on any atom is 0.315 e. The van der Waals surface area contributed by atoms with Crippen molar-refractivity contribution in [2.24, 2.45) is 0 Å². The molecule has 2 N–H and O–H groups in total. The number of halogens is 1. The van der Waals surface area contributed by atoms with Gasteiger partial charge in [0.1, 0.15) is 5.82 Å². The molecule has 0 fully saturated rings. The van der Waals surface area contributed by atoms with Gasteiger partial charge in [0.2, 0.25) is 0 Å². The predicted molar refractivity (Wildman–Crippen MR) is 60.3 cm³/mol. The summed E-state index contributed by atoms with van der Waals surface area (Å²) in [4.78, 5) is 11.1. The minimum Gasteiger partial charge on any atom is -0.338 e. The summed E-state index contributed by atoms with van der Waals surface area (Å²) < 4.78 is 12.8. The van der Waals surface area contributed by atoms with Gasteiger partial charge in [-0.15, -0.1) is 6.42 Å². The third kappa shape index (κ3) is 4.47. The van der Waals surface area contributed by atoms with Crippen molar-refractivity contribution >= 4 is 6.03 Å². The molecule has 1 aromatic rings. The van der Waals surface area contributed by atoms with Crippen molar-refractivity contribution in [2.75, 3.05) is 13.1 Å². The quantitative estimate of drug-likeness (QED) is 0.738. The minimum atomic E-state index is -0.311. The normalized spacial score (nSPS) is 9.25. The van der Waals surface area contributed by atoms with Gasteiger partial charge in [0, 0.05) is 6.54 Å². The summed E-state index contributed by atoms with van der Waals surface area (Å²) in [6.07, 6.45) is 5.56. The molecule has 0 spiro atoms. The number of terminal acetylenes is 1. The van der Waals surface area contributed by atoms with Crippen LogP contribution < -0.4 is 10.6 Å². The van der Waals surface area contributed by atoms with E-state index in [0.717, 1.165) is 5.56 Å². The number of nitrogens with one attached hydrogen (secondary N) is 2. The Labute approximate surface area is 94.0 Å². The molecule has 3 nitrogen and oxygen atoms in total. The molecule has 84 valence electrons. The van der Waals surface area contributed by atoms with E-state index < -0.39 is 0 Å². The average Bonchev–Trinajstić information content (AvgIpc) is 2.26. The van der Waals surface area contributed by atoms with E-state index in [2.05, 4.69) is 16.6 Å². The highest BCUT2D eigenvalue weighted by Gasteiger charge is 1.98. The van der Waals surface area contributed by atoms with E-state index in [1.165, 1.54) is 12.1 Å². The van der Waals surface area contributed by atoms with Gasteiger partial charge in [0.05, 0.1) is 6.54 Å². The zero-order valence-electron chi connectivity index (χ0n) is 8.79. The van der Waals surface area contributed by atoms with Crippen molar-refractivity contribution in [3.8, 4) is 12.3 Å². The molecule has 0 aromatic heterocycles. The lowest BCUT2D eigenvalue weighted by Crippen LogP contribution is -2.36. The van der Waals surface area contributed by atoms with E-state index in [-0.39, 0.29) is 18.4 Å². The molecule has 0 aliphatic heterocycles. The summed E-state index contributed by atoms with van der Waals surface area (Å²) in [6.45, 7) is 0.645. The van der Waals surface area contributed by atoms with Gasteiger partial charge in [-0.3, -0.25) is 0 Å². The lowest BCUT2D eigenvalue weighted by Gasteiger charge is -2.05. The van der Waals surface area contributed by atoms with E-state index in [0.29, 0.717) is 13.0 Å². The highest BCUT2D eigenvalue weighted by Crippen LogP contribution is 2.03. The van der Waals surface area contributed by atoms with Gasteiger partial charge >= 0.3 is 6.03 Å². The molecule has 0 unspecified atom stereocenters. The van der Waals surface area contributed by atoms with Crippen LogP contribution in [0.2, 0.25) is 0 Å². The number of amides is 2. The number of rotatable bonds is 4. The molecule has 0 radical (unpaired) electrons. The first-order valence-electron chi connectivity index (χ1n) is 4.92. The molecule has 1 rings (SSSR count). The summed E-state index contributed by atoms with van der Waals surface area (Å²) in [5.74, 6) is 2.02. The first-order chi connectivity index (χ1) is 7.72. The Hall–Kier alpha value is -2.02. The average molecular weight is 220 g/mol. The second-order valence-corrected chi connectivity index (χ2v) is 3.19. The van der Waals surface area contributed by atoms with Crippen LogP contribution in [-0.4, -0.2) is 19.1 Å². The standard InChI is InChI=1S/C12H13FN2O/c1-2-7-14-12(16)15-8-6-10-4-3-5-11(13)9-10/h1,3-5,9H,6-8H2,(H2,14,15,16). The molecule has 0 bridgehead atoms. The zero-order valence-corrected chi connectivity index (χ0v) is 8.79. The van der Waals surface area contributed by atoms with Crippen molar-refractivity contribution < 1.29 is 9.18 Å². The summed E-state index contributed by atoms with van der Waals surface area (Å²) in [6, 6.07) is 5.97. The van der Waals surface area contributed by atoms with Crippen LogP contribution in [0.25, 0.3) is 0 Å². The van der Waals surface area contributed by atoms with E-state index in [1.807, 2.05) is 6.07 Å². The first kappa shape index (κ1) is 12.1. The maximum absolute atomic E-state index is 12.8. The Balaban J connectivity index is 2.26. The lowest BCUT2D eigenvalue weighted by molar-refractivity contribution is 0.242. The number of carbonyl (C=O) groups excluding carboxylic acids is 1. The third-order valence-electron chi connectivity index (χ3n) is 1.94. The molecule has 1 aromatic carbocycles. The Bertz CT molecular complexity index is 398. The summed E-state index contributed by atoms with van der Waals surface area (Å²) in [5.41, 5.74) is 0.845. The first-order valence-corrected chi connectivity index (χ1v) is 4.92. The molecule has 2 amide bonds. The van der Waals surface area contributed by atoms with Crippen LogP contribution in [0.4, 0.5) is 9.18 Å². The Morgan fingerprint density at radius 3 is 2.94 bits per heavy atom. The van der Waals surface area contributed by atoms with Crippen LogP contribution in [0.1, 0.15) is 5.56 Å². The minimum absolute atomic E-state index is 0.200. The number of hydrogen-bond donors (Lipinski definition) is 2. The monoisotopic (exact) mass is 220 g/mol. The van der Waals surface area contributed by atoms with Crippen molar-refractivity contribution in [3.63, 3.8) is 0 Å². The van der Waals surface area contributed by atoms with Crippen LogP contribution in [0.15, 0.2) is 24.3 Å². The molecule has 0 saturated carbocycles. The fraction of sp³-hybridized carbons (Fsp3) is 0.250. The topological polar surface area (TPSA) is 41.1 Å². The lowest BCUT2D eigenvalue weighted by atomic mass is 10.1. The van der Waals surface area contributed by atoms with Gasteiger partial charge in [0.25, 0.3) is 0 Å². The zero-order chi connectivity index (χ0) is 11.8. The molecule has 16 heavy (non-hydrogen) atoms. The van der Waals surface area contributed by atoms with Crippen LogP contribution in [0, 0.1) is 18.2 Å². The largest absolute Gasteiger partial charge is 0.338 e. The highest BCUT2D eigenvalue weighted by atomic mass is 19.1. The smallest absolute Gasteiger partial charge is 0.315 e. The molecule has 4 heteroatoms. The van der Waals surface area contributed by atoms with E-state index in [1.54, 1.807) is 6.07 Å². The van der Waals surface area contributed by atoms with E-state index in [9.17, 15) is 9.18 Å². The van der Waals surface area contributed by atoms with Gasteiger partial charge in [-0.1, -0.05) is 18.1 Å². The second-order valence-electron chi connectivity index (χ2n) is 3.19. The van der Waals surface area contributed by atoms with Crippen LogP contribution in [0.5, 0.6) is 0 Å². The third-order valence-corrected chi connectivity index (χ3v) is 1.94. The molecule has 0 atom stereocenters. The molecule has 0 heterocycles. The number of carbonyl (C=O) groups is 1. The molecular formula is C12H13FN2O. The Kier molecular flexibility index (Phi) is 4.87. The van der Waals surface area contributed by atoms with Gasteiger partial charge in [-0.25, -0.2) is 9.18 Å². The molecule has 0 aliphatic rings. The molecular weight excluding hydrogens is 207 g/mol. The van der Waals surface area contributed by atoms with Crippen molar-refractivity contribution in [1.29, 1.82) is 0 Å². The Morgan fingerprint density at radius 2 is 2.25 bits per heavy atom. The SMILES string of the molecule is C#CCNC(=O)NCCc1cccc(F)c1. The number of benzene rings is 1. The van der Waals surface area contributed by atoms with Crippen molar-refractivity contribution in [2.45, 2.75) is 6.42 Å². The molecule has 0 saturated heterocycles. The van der Waals surface area contributed by atoms with E-state index in [4.69, 9.17) is 6.42 Å². The van der Waals surface area contributed by atoms with Crippen LogP contribution in [0.3, 0.4) is 0 Å². The number of urea groups is 1. The fourth-order valence-corrected chi connectivity index (χ4v) is 1.21. The highest BCUT2D eigenvalue weighted by molar-refractivity contribution is 5.74. The number of hydrogen-bond acceptors (Lipinski definition) is 1. The Morgan fingerprint density at radius 1 is 1.44 bits per heavy atom. The fourth-order valence-electron chi connectivity index (χ4n) is 1.21. The molecule has 0 aliphatic carbocycles. The summed E-state index contributed by atoms with van der Waals surface area (Å²) in [5, 5.41) is 5.09. The maximum atomic E-state index is 12.8.